The topological polar surface area (TPSA) is 74.1 Å². The monoisotopic (exact) mass is 367 g/mol. The van der Waals surface area contributed by atoms with Crippen molar-refractivity contribution in [2.75, 3.05) is 38.1 Å². The smallest absolute Gasteiger partial charge is 0.289 e. The highest BCUT2D eigenvalue weighted by molar-refractivity contribution is 5.99. The number of fused-ring (bicyclic) bond motifs is 1. The van der Waals surface area contributed by atoms with Crippen molar-refractivity contribution in [3.05, 3.63) is 53.5 Å². The molecule has 7 nitrogen and oxygen atoms in total. The lowest BCUT2D eigenvalue weighted by Gasteiger charge is -2.34. The summed E-state index contributed by atoms with van der Waals surface area (Å²) in [5.74, 6) is 0.234. The Balaban J connectivity index is 1.43. The Morgan fingerprint density at radius 1 is 0.963 bits per heavy atom. The van der Waals surface area contributed by atoms with Crippen molar-refractivity contribution >= 4 is 23.4 Å². The third-order valence-corrected chi connectivity index (χ3v) is 5.26. The highest BCUT2D eigenvalue weighted by Crippen LogP contribution is 2.28. The summed E-state index contributed by atoms with van der Waals surface area (Å²) in [5, 5.41) is 0. The predicted molar refractivity (Wildman–Crippen MR) is 98.7 cm³/mol. The first kappa shape index (κ1) is 17.3. The average molecular weight is 367 g/mol. The zero-order valence-corrected chi connectivity index (χ0v) is 15.2. The third kappa shape index (κ3) is 3.20. The molecule has 0 aliphatic carbocycles. The molecule has 140 valence electrons. The molecule has 2 aliphatic heterocycles. The van der Waals surface area contributed by atoms with Crippen molar-refractivity contribution in [3.8, 4) is 0 Å². The van der Waals surface area contributed by atoms with E-state index in [0.717, 1.165) is 11.3 Å². The number of amides is 3. The van der Waals surface area contributed by atoms with Crippen LogP contribution in [0.1, 0.15) is 32.9 Å². The number of hydrogen-bond donors (Lipinski definition) is 0. The number of nitrogens with zero attached hydrogens (tertiary/aromatic N) is 3. The lowest BCUT2D eigenvalue weighted by Crippen LogP contribution is -2.50. The first-order valence-corrected chi connectivity index (χ1v) is 9.06. The standard InChI is InChI=1S/C20H21N3O4/c1-21-16-6-4-15(13-14(16)5-7-18(21)24)19(25)22-8-10-23(11-9-22)20(26)17-3-2-12-27-17/h2-4,6,12-13H,5,7-11H2,1H3. The molecular formula is C20H21N3O4. The molecule has 27 heavy (non-hydrogen) atoms. The fourth-order valence-electron chi connectivity index (χ4n) is 3.64. The van der Waals surface area contributed by atoms with Gasteiger partial charge in [-0.15, -0.1) is 0 Å². The van der Waals surface area contributed by atoms with E-state index in [9.17, 15) is 14.4 Å². The number of anilines is 1. The second kappa shape index (κ2) is 6.90. The molecule has 0 unspecified atom stereocenters. The third-order valence-electron chi connectivity index (χ3n) is 5.26. The quantitative estimate of drug-likeness (QED) is 0.811. The summed E-state index contributed by atoms with van der Waals surface area (Å²) in [5.41, 5.74) is 2.52. The van der Waals surface area contributed by atoms with Crippen LogP contribution in [0, 0.1) is 0 Å². The van der Waals surface area contributed by atoms with E-state index in [1.54, 1.807) is 39.9 Å². The summed E-state index contributed by atoms with van der Waals surface area (Å²) in [6, 6.07) is 8.84. The number of rotatable bonds is 2. The highest BCUT2D eigenvalue weighted by Gasteiger charge is 2.28. The Kier molecular flexibility index (Phi) is 4.43. The van der Waals surface area contributed by atoms with Crippen molar-refractivity contribution in [1.29, 1.82) is 0 Å². The molecule has 7 heteroatoms. The van der Waals surface area contributed by atoms with Gasteiger partial charge < -0.3 is 19.1 Å². The van der Waals surface area contributed by atoms with Crippen LogP contribution < -0.4 is 4.90 Å². The van der Waals surface area contributed by atoms with Gasteiger partial charge in [0.05, 0.1) is 6.26 Å². The summed E-state index contributed by atoms with van der Waals surface area (Å²) >= 11 is 0. The lowest BCUT2D eigenvalue weighted by atomic mass is 9.98. The maximum absolute atomic E-state index is 12.9. The van der Waals surface area contributed by atoms with E-state index in [0.29, 0.717) is 50.3 Å². The summed E-state index contributed by atoms with van der Waals surface area (Å²) in [6.07, 6.45) is 2.61. The Morgan fingerprint density at radius 2 is 1.67 bits per heavy atom. The molecule has 1 aromatic heterocycles. The Labute approximate surface area is 157 Å². The van der Waals surface area contributed by atoms with Crippen LogP contribution in [-0.4, -0.2) is 60.7 Å². The second-order valence-corrected chi connectivity index (χ2v) is 6.86. The molecule has 3 amide bonds. The van der Waals surface area contributed by atoms with E-state index in [4.69, 9.17) is 4.42 Å². The van der Waals surface area contributed by atoms with Gasteiger partial charge in [-0.1, -0.05) is 0 Å². The normalized spacial score (nSPS) is 17.1. The van der Waals surface area contributed by atoms with E-state index in [1.165, 1.54) is 6.26 Å². The van der Waals surface area contributed by atoms with Crippen LogP contribution in [0.5, 0.6) is 0 Å². The summed E-state index contributed by atoms with van der Waals surface area (Å²) in [4.78, 5) is 42.1. The summed E-state index contributed by atoms with van der Waals surface area (Å²) in [7, 11) is 1.76. The van der Waals surface area contributed by atoms with Crippen LogP contribution >= 0.6 is 0 Å². The van der Waals surface area contributed by atoms with Crippen molar-refractivity contribution < 1.29 is 18.8 Å². The molecule has 3 heterocycles. The van der Waals surface area contributed by atoms with Crippen LogP contribution in [0.2, 0.25) is 0 Å². The summed E-state index contributed by atoms with van der Waals surface area (Å²) in [6.45, 7) is 1.93. The van der Waals surface area contributed by atoms with Gasteiger partial charge in [-0.2, -0.15) is 0 Å². The first-order valence-electron chi connectivity index (χ1n) is 9.06. The molecule has 0 atom stereocenters. The van der Waals surface area contributed by atoms with Crippen LogP contribution in [0.15, 0.2) is 41.0 Å². The van der Waals surface area contributed by atoms with Crippen molar-refractivity contribution in [2.24, 2.45) is 0 Å². The Morgan fingerprint density at radius 3 is 2.33 bits per heavy atom. The number of hydrogen-bond acceptors (Lipinski definition) is 4. The molecular weight excluding hydrogens is 346 g/mol. The molecule has 4 rings (SSSR count). The first-order chi connectivity index (χ1) is 13.0. The van der Waals surface area contributed by atoms with Gasteiger partial charge in [-0.3, -0.25) is 14.4 Å². The zero-order valence-electron chi connectivity index (χ0n) is 15.2. The number of aryl methyl sites for hydroxylation is 1. The van der Waals surface area contributed by atoms with Crippen LogP contribution in [0.25, 0.3) is 0 Å². The minimum Gasteiger partial charge on any atom is -0.459 e. The number of carbonyl (C=O) groups excluding carboxylic acids is 3. The number of furan rings is 1. The van der Waals surface area contributed by atoms with Crippen LogP contribution in [0.4, 0.5) is 5.69 Å². The van der Waals surface area contributed by atoms with Crippen LogP contribution in [0.3, 0.4) is 0 Å². The van der Waals surface area contributed by atoms with E-state index in [2.05, 4.69) is 0 Å². The largest absolute Gasteiger partial charge is 0.459 e. The van der Waals surface area contributed by atoms with Crippen LogP contribution in [-0.2, 0) is 11.2 Å². The van der Waals surface area contributed by atoms with Gasteiger partial charge in [0.15, 0.2) is 5.76 Å². The van der Waals surface area contributed by atoms with Gasteiger partial charge in [0.25, 0.3) is 11.8 Å². The molecule has 2 aliphatic rings. The van der Waals surface area contributed by atoms with Crippen molar-refractivity contribution in [3.63, 3.8) is 0 Å². The maximum atomic E-state index is 12.9. The van der Waals surface area contributed by atoms with Gasteiger partial charge in [0, 0.05) is 50.9 Å². The molecule has 1 saturated heterocycles. The minimum absolute atomic E-state index is 0.0394. The second-order valence-electron chi connectivity index (χ2n) is 6.86. The van der Waals surface area contributed by atoms with E-state index < -0.39 is 0 Å². The summed E-state index contributed by atoms with van der Waals surface area (Å²) < 4.78 is 5.16. The number of carbonyl (C=O) groups is 3. The predicted octanol–water partition coefficient (Wildman–Crippen LogP) is 1.79. The van der Waals surface area contributed by atoms with Gasteiger partial charge in [-0.05, 0) is 42.3 Å². The number of benzene rings is 1. The molecule has 0 bridgehead atoms. The minimum atomic E-state index is -0.145. The molecule has 0 spiro atoms. The van der Waals surface area contributed by atoms with Gasteiger partial charge in [-0.25, -0.2) is 0 Å². The molecule has 0 saturated carbocycles. The van der Waals surface area contributed by atoms with E-state index >= 15 is 0 Å². The molecule has 2 aromatic rings. The van der Waals surface area contributed by atoms with Crippen molar-refractivity contribution in [2.45, 2.75) is 12.8 Å². The average Bonchev–Trinajstić information content (AvgIpc) is 3.24. The molecule has 1 aromatic carbocycles. The number of piperazine rings is 1. The highest BCUT2D eigenvalue weighted by atomic mass is 16.3. The lowest BCUT2D eigenvalue weighted by molar-refractivity contribution is -0.118. The fraction of sp³-hybridized carbons (Fsp3) is 0.350. The SMILES string of the molecule is CN1C(=O)CCc2cc(C(=O)N3CCN(C(=O)c4ccco4)CC3)ccc21. The van der Waals surface area contributed by atoms with Gasteiger partial charge in [0.1, 0.15) is 0 Å². The van der Waals surface area contributed by atoms with Gasteiger partial charge >= 0.3 is 0 Å². The molecule has 1 fully saturated rings. The van der Waals surface area contributed by atoms with Crippen molar-refractivity contribution in [1.82, 2.24) is 9.80 Å². The van der Waals surface area contributed by atoms with E-state index in [1.807, 2.05) is 12.1 Å². The fourth-order valence-corrected chi connectivity index (χ4v) is 3.64. The Bertz CT molecular complexity index is 883. The van der Waals surface area contributed by atoms with Gasteiger partial charge in [0.2, 0.25) is 5.91 Å². The molecule has 0 N–H and O–H groups in total. The Hall–Kier alpha value is -3.09. The van der Waals surface area contributed by atoms with E-state index in [-0.39, 0.29) is 17.7 Å². The zero-order chi connectivity index (χ0) is 19.0. The maximum Gasteiger partial charge on any atom is 0.289 e. The molecule has 0 radical (unpaired) electrons.